The first-order valence-electron chi connectivity index (χ1n) is 3.39. The van der Waals surface area contributed by atoms with Crippen molar-refractivity contribution < 1.29 is 13.6 Å². The average Bonchev–Trinajstić information content (AvgIpc) is 1.54. The summed E-state index contributed by atoms with van der Waals surface area (Å²) in [5.41, 5.74) is -0.270. The molecule has 1 aliphatic heterocycles. The molecule has 1 aliphatic rings. The highest BCUT2D eigenvalue weighted by Crippen LogP contribution is 2.41. The van der Waals surface area contributed by atoms with Gasteiger partial charge in [0.15, 0.2) is 0 Å². The fourth-order valence-electron chi connectivity index (χ4n) is 1.19. The van der Waals surface area contributed by atoms with Crippen molar-refractivity contribution in [2.45, 2.75) is 38.9 Å². The first-order chi connectivity index (χ1) is 4.49. The molecule has 0 aromatic rings. The third-order valence-corrected chi connectivity index (χ3v) is 2.75. The summed E-state index contributed by atoms with van der Waals surface area (Å²) in [6.45, 7) is 5.76. The first-order valence-corrected chi connectivity index (χ1v) is 4.62. The Labute approximate surface area is 61.7 Å². The monoisotopic (exact) mass is 164 g/mol. The van der Waals surface area contributed by atoms with Gasteiger partial charge in [-0.2, -0.15) is 0 Å². The van der Waals surface area contributed by atoms with E-state index in [0.717, 1.165) is 6.42 Å². The lowest BCUT2D eigenvalue weighted by Gasteiger charge is -2.32. The SMILES string of the molecule is CC1CC(C)(C)O[PH](=O)O1. The highest BCUT2D eigenvalue weighted by molar-refractivity contribution is 7.33. The van der Waals surface area contributed by atoms with Crippen LogP contribution in [-0.4, -0.2) is 11.7 Å². The third-order valence-electron chi connectivity index (χ3n) is 1.44. The molecule has 4 heteroatoms. The second-order valence-electron chi connectivity index (χ2n) is 3.24. The summed E-state index contributed by atoms with van der Waals surface area (Å²) in [4.78, 5) is 0. The maximum atomic E-state index is 10.8. The highest BCUT2D eigenvalue weighted by Gasteiger charge is 2.30. The fourth-order valence-corrected chi connectivity index (χ4v) is 2.18. The lowest BCUT2D eigenvalue weighted by Crippen LogP contribution is -2.31. The van der Waals surface area contributed by atoms with Crippen molar-refractivity contribution in [3.63, 3.8) is 0 Å². The minimum atomic E-state index is -2.20. The van der Waals surface area contributed by atoms with E-state index in [1.807, 2.05) is 20.8 Å². The second-order valence-corrected chi connectivity index (χ2v) is 4.18. The Morgan fingerprint density at radius 2 is 2.20 bits per heavy atom. The van der Waals surface area contributed by atoms with Crippen molar-refractivity contribution in [3.8, 4) is 0 Å². The summed E-state index contributed by atoms with van der Waals surface area (Å²) in [7, 11) is -2.20. The minimum Gasteiger partial charge on any atom is -0.307 e. The second kappa shape index (κ2) is 2.65. The zero-order chi connectivity index (χ0) is 7.78. The van der Waals surface area contributed by atoms with Crippen molar-refractivity contribution in [2.75, 3.05) is 0 Å². The van der Waals surface area contributed by atoms with Crippen LogP contribution in [-0.2, 0) is 13.6 Å². The Morgan fingerprint density at radius 1 is 1.60 bits per heavy atom. The Morgan fingerprint density at radius 3 is 2.60 bits per heavy atom. The molecule has 0 N–H and O–H groups in total. The zero-order valence-corrected chi connectivity index (χ0v) is 7.51. The molecule has 1 fully saturated rings. The normalized spacial score (nSPS) is 39.5. The molecule has 0 aromatic carbocycles. The van der Waals surface area contributed by atoms with Gasteiger partial charge in [-0.3, -0.25) is 4.57 Å². The van der Waals surface area contributed by atoms with Crippen LogP contribution in [0.2, 0.25) is 0 Å². The Kier molecular flexibility index (Phi) is 2.18. The Bertz CT molecular complexity index is 155. The number of hydrogen-bond donors (Lipinski definition) is 0. The molecule has 0 radical (unpaired) electrons. The number of hydrogen-bond acceptors (Lipinski definition) is 3. The van der Waals surface area contributed by atoms with E-state index in [1.54, 1.807) is 0 Å². The van der Waals surface area contributed by atoms with Crippen molar-refractivity contribution in [1.29, 1.82) is 0 Å². The van der Waals surface area contributed by atoms with E-state index < -0.39 is 8.25 Å². The molecule has 1 heterocycles. The molecule has 60 valence electrons. The smallest absolute Gasteiger partial charge is 0.307 e. The van der Waals surface area contributed by atoms with Gasteiger partial charge in [-0.15, -0.1) is 0 Å². The van der Waals surface area contributed by atoms with Gasteiger partial charge >= 0.3 is 8.25 Å². The van der Waals surface area contributed by atoms with Crippen LogP contribution >= 0.6 is 8.25 Å². The van der Waals surface area contributed by atoms with Gasteiger partial charge in [0.1, 0.15) is 0 Å². The molecule has 2 atom stereocenters. The third kappa shape index (κ3) is 2.08. The zero-order valence-electron chi connectivity index (χ0n) is 6.51. The van der Waals surface area contributed by atoms with Crippen LogP contribution in [0.1, 0.15) is 27.2 Å². The predicted molar refractivity (Wildman–Crippen MR) is 39.3 cm³/mol. The quantitative estimate of drug-likeness (QED) is 0.513. The van der Waals surface area contributed by atoms with E-state index in [1.165, 1.54) is 0 Å². The molecule has 3 nitrogen and oxygen atoms in total. The predicted octanol–water partition coefficient (Wildman–Crippen LogP) is 1.98. The van der Waals surface area contributed by atoms with E-state index in [9.17, 15) is 4.57 Å². The Balaban J connectivity index is 2.59. The van der Waals surface area contributed by atoms with Crippen LogP contribution in [0.5, 0.6) is 0 Å². The first kappa shape index (κ1) is 8.25. The van der Waals surface area contributed by atoms with Crippen LogP contribution < -0.4 is 0 Å². The molecular formula is C6H13O3P. The summed E-state index contributed by atoms with van der Waals surface area (Å²) >= 11 is 0. The average molecular weight is 164 g/mol. The molecule has 0 bridgehead atoms. The maximum Gasteiger partial charge on any atom is 0.319 e. The summed E-state index contributed by atoms with van der Waals surface area (Å²) < 4.78 is 20.8. The van der Waals surface area contributed by atoms with Crippen LogP contribution in [0.4, 0.5) is 0 Å². The van der Waals surface area contributed by atoms with Crippen molar-refractivity contribution in [3.05, 3.63) is 0 Å². The van der Waals surface area contributed by atoms with E-state index >= 15 is 0 Å². The van der Waals surface area contributed by atoms with Gasteiger partial charge in [-0.1, -0.05) is 0 Å². The molecule has 0 aliphatic carbocycles. The molecule has 0 amide bonds. The van der Waals surface area contributed by atoms with Gasteiger partial charge in [0, 0.05) is 6.42 Å². The summed E-state index contributed by atoms with van der Waals surface area (Å²) in [6, 6.07) is 0. The molecule has 10 heavy (non-hydrogen) atoms. The van der Waals surface area contributed by atoms with Crippen LogP contribution in [0, 0.1) is 0 Å². The van der Waals surface area contributed by atoms with Crippen molar-refractivity contribution in [2.24, 2.45) is 0 Å². The van der Waals surface area contributed by atoms with Gasteiger partial charge in [-0.05, 0) is 20.8 Å². The van der Waals surface area contributed by atoms with E-state index in [2.05, 4.69) is 0 Å². The molecular weight excluding hydrogens is 151 g/mol. The van der Waals surface area contributed by atoms with Gasteiger partial charge in [0.2, 0.25) is 0 Å². The standard InChI is InChI=1S/C6H13O3P/c1-5-4-6(2,3)9-10(7)8-5/h5,10H,4H2,1-3H3. The number of rotatable bonds is 0. The largest absolute Gasteiger partial charge is 0.319 e. The fraction of sp³-hybridized carbons (Fsp3) is 1.00. The lowest BCUT2D eigenvalue weighted by atomic mass is 10.0. The molecule has 1 rings (SSSR count). The Hall–Kier alpha value is 0.150. The lowest BCUT2D eigenvalue weighted by molar-refractivity contribution is -0.00160. The van der Waals surface area contributed by atoms with Crippen molar-refractivity contribution in [1.82, 2.24) is 0 Å². The topological polar surface area (TPSA) is 35.5 Å². The maximum absolute atomic E-state index is 10.8. The molecule has 0 aromatic heterocycles. The van der Waals surface area contributed by atoms with Crippen LogP contribution in [0.15, 0.2) is 0 Å². The summed E-state index contributed by atoms with van der Waals surface area (Å²) in [5.74, 6) is 0. The van der Waals surface area contributed by atoms with Crippen LogP contribution in [0.25, 0.3) is 0 Å². The molecule has 2 unspecified atom stereocenters. The highest BCUT2D eigenvalue weighted by atomic mass is 31.1. The van der Waals surface area contributed by atoms with E-state index in [-0.39, 0.29) is 11.7 Å². The van der Waals surface area contributed by atoms with Gasteiger partial charge < -0.3 is 9.05 Å². The summed E-state index contributed by atoms with van der Waals surface area (Å²) in [6.07, 6.45) is 0.874. The van der Waals surface area contributed by atoms with Crippen molar-refractivity contribution >= 4 is 8.25 Å². The van der Waals surface area contributed by atoms with E-state index in [0.29, 0.717) is 0 Å². The van der Waals surface area contributed by atoms with Crippen LogP contribution in [0.3, 0.4) is 0 Å². The molecule has 0 saturated carbocycles. The molecule has 1 saturated heterocycles. The minimum absolute atomic E-state index is 0.0649. The van der Waals surface area contributed by atoms with Gasteiger partial charge in [0.25, 0.3) is 0 Å². The van der Waals surface area contributed by atoms with Gasteiger partial charge in [0.05, 0.1) is 11.7 Å². The van der Waals surface area contributed by atoms with E-state index in [4.69, 9.17) is 9.05 Å². The summed E-state index contributed by atoms with van der Waals surface area (Å²) in [5, 5.41) is 0. The molecule has 0 spiro atoms. The van der Waals surface area contributed by atoms with Gasteiger partial charge in [-0.25, -0.2) is 0 Å².